The highest BCUT2D eigenvalue weighted by molar-refractivity contribution is 5.86. The first-order chi connectivity index (χ1) is 7.36. The number of benzene rings is 1. The Balaban J connectivity index is 2.57. The average molecular weight is 200 g/mol. The van der Waals surface area contributed by atoms with Gasteiger partial charge in [-0.2, -0.15) is 0 Å². The van der Waals surface area contributed by atoms with Crippen LogP contribution in [-0.2, 0) is 0 Å². The molecule has 74 valence electrons. The molecule has 0 fully saturated rings. The van der Waals surface area contributed by atoms with Gasteiger partial charge in [-0.1, -0.05) is 12.1 Å². The summed E-state index contributed by atoms with van der Waals surface area (Å²) in [6.07, 6.45) is 5.07. The van der Waals surface area contributed by atoms with Crippen molar-refractivity contribution < 1.29 is 4.74 Å². The number of hydrogen-bond donors (Lipinski definition) is 0. The van der Waals surface area contributed by atoms with E-state index < -0.39 is 0 Å². The summed E-state index contributed by atoms with van der Waals surface area (Å²) >= 11 is 0. The van der Waals surface area contributed by atoms with Gasteiger partial charge in [-0.3, -0.25) is 4.57 Å². The van der Waals surface area contributed by atoms with Gasteiger partial charge in [-0.05, 0) is 12.1 Å². The Morgan fingerprint density at radius 1 is 1.40 bits per heavy atom. The van der Waals surface area contributed by atoms with Crippen molar-refractivity contribution in [3.63, 3.8) is 0 Å². The molecule has 0 saturated heterocycles. The van der Waals surface area contributed by atoms with E-state index in [4.69, 9.17) is 4.74 Å². The molecule has 2 heterocycles. The molecule has 2 aromatic rings. The summed E-state index contributed by atoms with van der Waals surface area (Å²) in [7, 11) is 0. The number of rotatable bonds is 0. The third-order valence-corrected chi connectivity index (χ3v) is 2.38. The van der Waals surface area contributed by atoms with E-state index in [0.29, 0.717) is 6.61 Å². The average Bonchev–Trinajstić information content (AvgIpc) is 2.48. The van der Waals surface area contributed by atoms with E-state index in [2.05, 4.69) is 4.98 Å². The van der Waals surface area contributed by atoms with E-state index in [0.717, 1.165) is 16.7 Å². The molecule has 0 bridgehead atoms. The van der Waals surface area contributed by atoms with Gasteiger partial charge in [0.1, 0.15) is 17.9 Å². The third-order valence-electron chi connectivity index (χ3n) is 2.38. The minimum Gasteiger partial charge on any atom is -0.487 e. The number of aromatic nitrogens is 2. The van der Waals surface area contributed by atoms with E-state index in [1.807, 2.05) is 18.2 Å². The Morgan fingerprint density at radius 3 is 3.27 bits per heavy atom. The van der Waals surface area contributed by atoms with Crippen molar-refractivity contribution in [2.45, 2.75) is 0 Å². The molecule has 0 unspecified atom stereocenters. The topological polar surface area (TPSA) is 44.1 Å². The van der Waals surface area contributed by atoms with Crippen LogP contribution in [0, 0.1) is 0 Å². The van der Waals surface area contributed by atoms with Gasteiger partial charge in [-0.25, -0.2) is 9.78 Å². The van der Waals surface area contributed by atoms with Crippen molar-refractivity contribution in [1.29, 1.82) is 0 Å². The first-order valence-corrected chi connectivity index (χ1v) is 4.66. The third kappa shape index (κ3) is 1.15. The number of nitrogens with zero attached hydrogens (tertiary/aromatic N) is 2. The van der Waals surface area contributed by atoms with Crippen LogP contribution in [0.25, 0.3) is 17.1 Å². The summed E-state index contributed by atoms with van der Waals surface area (Å²) in [6, 6.07) is 5.65. The van der Waals surface area contributed by atoms with E-state index >= 15 is 0 Å². The highest BCUT2D eigenvalue weighted by atomic mass is 16.5. The quantitative estimate of drug-likeness (QED) is 0.643. The van der Waals surface area contributed by atoms with Crippen LogP contribution in [-0.4, -0.2) is 16.2 Å². The second-order valence-electron chi connectivity index (χ2n) is 3.30. The summed E-state index contributed by atoms with van der Waals surface area (Å²) in [5, 5.41) is 0.902. The molecular formula is C11H8N2O2. The summed E-state index contributed by atoms with van der Waals surface area (Å²) in [6.45, 7) is 0.472. The normalized spacial score (nSPS) is 13.6. The minimum absolute atomic E-state index is 0.281. The second-order valence-corrected chi connectivity index (χ2v) is 3.30. The number of para-hydroxylation sites is 1. The molecule has 0 aliphatic carbocycles. The van der Waals surface area contributed by atoms with E-state index in [1.165, 1.54) is 4.57 Å². The smallest absolute Gasteiger partial charge is 0.352 e. The standard InChI is InChI=1S/C11H8N2O2/c14-11-12-7-8-3-1-4-9-10(8)13(11)5-2-6-15-9/h1-5,7H,6H2. The van der Waals surface area contributed by atoms with Crippen molar-refractivity contribution >= 4 is 17.1 Å². The van der Waals surface area contributed by atoms with Crippen LogP contribution in [0.2, 0.25) is 0 Å². The molecule has 0 saturated carbocycles. The Morgan fingerprint density at radius 2 is 2.33 bits per heavy atom. The van der Waals surface area contributed by atoms with Gasteiger partial charge < -0.3 is 4.74 Å². The van der Waals surface area contributed by atoms with Crippen LogP contribution >= 0.6 is 0 Å². The number of ether oxygens (including phenoxy) is 1. The zero-order chi connectivity index (χ0) is 10.3. The summed E-state index contributed by atoms with van der Waals surface area (Å²) in [4.78, 5) is 15.3. The lowest BCUT2D eigenvalue weighted by molar-refractivity contribution is 0.368. The molecule has 3 rings (SSSR count). The largest absolute Gasteiger partial charge is 0.487 e. The van der Waals surface area contributed by atoms with Crippen LogP contribution in [0.4, 0.5) is 0 Å². The molecule has 0 N–H and O–H groups in total. The predicted octanol–water partition coefficient (Wildman–Crippen LogP) is 1.26. The maximum absolute atomic E-state index is 11.5. The molecule has 0 spiro atoms. The molecule has 1 aromatic carbocycles. The molecule has 1 aliphatic rings. The van der Waals surface area contributed by atoms with Crippen molar-refractivity contribution in [2.24, 2.45) is 0 Å². The van der Waals surface area contributed by atoms with Gasteiger partial charge >= 0.3 is 5.69 Å². The minimum atomic E-state index is -0.281. The fourth-order valence-corrected chi connectivity index (χ4v) is 1.72. The first kappa shape index (κ1) is 8.23. The maximum atomic E-state index is 11.5. The zero-order valence-electron chi connectivity index (χ0n) is 7.88. The molecule has 0 radical (unpaired) electrons. The fourth-order valence-electron chi connectivity index (χ4n) is 1.72. The molecule has 0 amide bonds. The fraction of sp³-hybridized carbons (Fsp3) is 0.0909. The molecule has 15 heavy (non-hydrogen) atoms. The summed E-state index contributed by atoms with van der Waals surface area (Å²) in [5.41, 5.74) is 0.503. The van der Waals surface area contributed by atoms with Gasteiger partial charge in [-0.15, -0.1) is 0 Å². The van der Waals surface area contributed by atoms with Crippen LogP contribution in [0.3, 0.4) is 0 Å². The van der Waals surface area contributed by atoms with Gasteiger partial charge in [0, 0.05) is 17.8 Å². The van der Waals surface area contributed by atoms with Crippen LogP contribution < -0.4 is 10.4 Å². The molecule has 4 heteroatoms. The van der Waals surface area contributed by atoms with E-state index in [-0.39, 0.29) is 5.69 Å². The highest BCUT2D eigenvalue weighted by Gasteiger charge is 2.09. The molecule has 4 nitrogen and oxygen atoms in total. The summed E-state index contributed by atoms with van der Waals surface area (Å²) < 4.78 is 7.01. The maximum Gasteiger partial charge on any atom is 0.352 e. The Kier molecular flexibility index (Phi) is 1.62. The lowest BCUT2D eigenvalue weighted by Gasteiger charge is -2.07. The zero-order valence-corrected chi connectivity index (χ0v) is 7.88. The van der Waals surface area contributed by atoms with Gasteiger partial charge in [0.15, 0.2) is 0 Å². The SMILES string of the molecule is O=c1ncc2cccc3c2n1C=CCO3. The van der Waals surface area contributed by atoms with Gasteiger partial charge in [0.2, 0.25) is 0 Å². The van der Waals surface area contributed by atoms with Crippen LogP contribution in [0.15, 0.2) is 35.3 Å². The van der Waals surface area contributed by atoms with Crippen molar-refractivity contribution in [1.82, 2.24) is 9.55 Å². The molecule has 1 aliphatic heterocycles. The van der Waals surface area contributed by atoms with Crippen molar-refractivity contribution in [3.8, 4) is 5.75 Å². The van der Waals surface area contributed by atoms with Gasteiger partial charge in [0.05, 0.1) is 0 Å². The van der Waals surface area contributed by atoms with Gasteiger partial charge in [0.25, 0.3) is 0 Å². The molecule has 1 aromatic heterocycles. The Labute approximate surface area is 85.4 Å². The Hall–Kier alpha value is -2.10. The molecular weight excluding hydrogens is 192 g/mol. The Bertz CT molecular complexity index is 614. The van der Waals surface area contributed by atoms with Crippen LogP contribution in [0.5, 0.6) is 5.75 Å². The van der Waals surface area contributed by atoms with Crippen LogP contribution in [0.1, 0.15) is 0 Å². The predicted molar refractivity (Wildman–Crippen MR) is 56.8 cm³/mol. The number of hydrogen-bond acceptors (Lipinski definition) is 3. The van der Waals surface area contributed by atoms with Crippen molar-refractivity contribution in [3.05, 3.63) is 41.0 Å². The van der Waals surface area contributed by atoms with E-state index in [1.54, 1.807) is 18.5 Å². The lowest BCUT2D eigenvalue weighted by atomic mass is 10.2. The highest BCUT2D eigenvalue weighted by Crippen LogP contribution is 2.25. The first-order valence-electron chi connectivity index (χ1n) is 4.66. The summed E-state index contributed by atoms with van der Waals surface area (Å²) in [5.74, 6) is 0.719. The second kappa shape index (κ2) is 2.95. The van der Waals surface area contributed by atoms with Crippen molar-refractivity contribution in [2.75, 3.05) is 6.61 Å². The lowest BCUT2D eigenvalue weighted by Crippen LogP contribution is -2.18. The monoisotopic (exact) mass is 200 g/mol. The van der Waals surface area contributed by atoms with E-state index in [9.17, 15) is 4.79 Å². The molecule has 0 atom stereocenters.